The molecule has 7 heteroatoms. The fraction of sp³-hybridized carbons (Fsp3) is 0.600. The second kappa shape index (κ2) is 7.94. The summed E-state index contributed by atoms with van der Waals surface area (Å²) in [6, 6.07) is 1.99. The van der Waals surface area contributed by atoms with Crippen LogP contribution in [0.4, 0.5) is 0 Å². The molecular weight excluding hydrogens is 322 g/mol. The van der Waals surface area contributed by atoms with Gasteiger partial charge in [-0.25, -0.2) is 0 Å². The molecule has 3 N–H and O–H groups in total. The lowest BCUT2D eigenvalue weighted by molar-refractivity contribution is -0.120. The van der Waals surface area contributed by atoms with Crippen LogP contribution in [0.1, 0.15) is 33.0 Å². The smallest absolute Gasteiger partial charge is 0.261 e. The number of hydrogen-bond donors (Lipinski definition) is 3. The SMILES string of the molecule is Cl.O=C(CNC(=O)c1cc2c(s1)CCCC2)NCC1CNC1. The predicted molar refractivity (Wildman–Crippen MR) is 89.9 cm³/mol. The van der Waals surface area contributed by atoms with E-state index in [1.165, 1.54) is 23.3 Å². The zero-order valence-electron chi connectivity index (χ0n) is 12.4. The maximum Gasteiger partial charge on any atom is 0.261 e. The number of aryl methyl sites for hydroxylation is 2. The molecule has 22 heavy (non-hydrogen) atoms. The van der Waals surface area contributed by atoms with Crippen LogP contribution in [0.5, 0.6) is 0 Å². The van der Waals surface area contributed by atoms with Crippen molar-refractivity contribution in [2.75, 3.05) is 26.2 Å². The van der Waals surface area contributed by atoms with Gasteiger partial charge in [0.25, 0.3) is 5.91 Å². The van der Waals surface area contributed by atoms with E-state index in [-0.39, 0.29) is 30.8 Å². The monoisotopic (exact) mass is 343 g/mol. The minimum Gasteiger partial charge on any atom is -0.354 e. The minimum atomic E-state index is -0.130. The number of hydrogen-bond acceptors (Lipinski definition) is 4. The fourth-order valence-electron chi connectivity index (χ4n) is 2.66. The molecule has 0 aromatic carbocycles. The second-order valence-corrected chi connectivity index (χ2v) is 6.91. The van der Waals surface area contributed by atoms with Crippen molar-refractivity contribution < 1.29 is 9.59 Å². The van der Waals surface area contributed by atoms with Crippen molar-refractivity contribution in [1.29, 1.82) is 0 Å². The molecule has 5 nitrogen and oxygen atoms in total. The Morgan fingerprint density at radius 3 is 2.68 bits per heavy atom. The molecule has 1 saturated heterocycles. The van der Waals surface area contributed by atoms with Gasteiger partial charge in [-0.05, 0) is 37.3 Å². The van der Waals surface area contributed by atoms with Gasteiger partial charge < -0.3 is 16.0 Å². The van der Waals surface area contributed by atoms with Crippen molar-refractivity contribution in [3.63, 3.8) is 0 Å². The molecule has 122 valence electrons. The summed E-state index contributed by atoms with van der Waals surface area (Å²) >= 11 is 1.57. The number of carbonyl (C=O) groups excluding carboxylic acids is 2. The van der Waals surface area contributed by atoms with E-state index in [1.54, 1.807) is 11.3 Å². The Bertz CT molecular complexity index is 519. The zero-order valence-corrected chi connectivity index (χ0v) is 14.1. The molecule has 2 amide bonds. The number of fused-ring (bicyclic) bond motifs is 1. The molecule has 0 bridgehead atoms. The van der Waals surface area contributed by atoms with Gasteiger partial charge in [0.2, 0.25) is 5.91 Å². The third-order valence-corrected chi connectivity index (χ3v) is 5.32. The van der Waals surface area contributed by atoms with E-state index in [4.69, 9.17) is 0 Å². The van der Waals surface area contributed by atoms with E-state index in [1.807, 2.05) is 6.07 Å². The van der Waals surface area contributed by atoms with Gasteiger partial charge in [-0.2, -0.15) is 0 Å². The Morgan fingerprint density at radius 1 is 1.23 bits per heavy atom. The van der Waals surface area contributed by atoms with Crippen molar-refractivity contribution in [3.8, 4) is 0 Å². The lowest BCUT2D eigenvalue weighted by Gasteiger charge is -2.27. The molecular formula is C15H22ClN3O2S. The van der Waals surface area contributed by atoms with Crippen LogP contribution < -0.4 is 16.0 Å². The van der Waals surface area contributed by atoms with Gasteiger partial charge in [-0.1, -0.05) is 0 Å². The quantitative estimate of drug-likeness (QED) is 0.750. The molecule has 0 atom stereocenters. The first-order valence-electron chi connectivity index (χ1n) is 7.59. The third kappa shape index (κ3) is 4.21. The molecule has 1 aromatic rings. The van der Waals surface area contributed by atoms with Gasteiger partial charge in [-0.15, -0.1) is 23.7 Å². The Balaban J connectivity index is 0.00000176. The molecule has 1 aliphatic heterocycles. The molecule has 0 radical (unpaired) electrons. The summed E-state index contributed by atoms with van der Waals surface area (Å²) in [7, 11) is 0. The molecule has 1 aliphatic carbocycles. The van der Waals surface area contributed by atoms with Crippen LogP contribution in [0, 0.1) is 5.92 Å². The Kier molecular flexibility index (Phi) is 6.23. The maximum absolute atomic E-state index is 12.1. The molecule has 0 spiro atoms. The Morgan fingerprint density at radius 2 is 2.00 bits per heavy atom. The van der Waals surface area contributed by atoms with Crippen LogP contribution in [-0.4, -0.2) is 38.0 Å². The van der Waals surface area contributed by atoms with E-state index < -0.39 is 0 Å². The largest absolute Gasteiger partial charge is 0.354 e. The first-order chi connectivity index (χ1) is 10.2. The zero-order chi connectivity index (χ0) is 14.7. The second-order valence-electron chi connectivity index (χ2n) is 5.78. The van der Waals surface area contributed by atoms with Crippen molar-refractivity contribution in [2.24, 2.45) is 5.92 Å². The fourth-order valence-corrected chi connectivity index (χ4v) is 3.83. The molecule has 0 saturated carbocycles. The van der Waals surface area contributed by atoms with Crippen molar-refractivity contribution >= 4 is 35.6 Å². The number of nitrogens with one attached hydrogen (secondary N) is 3. The van der Waals surface area contributed by atoms with Gasteiger partial charge in [0, 0.05) is 30.4 Å². The Labute approximate surface area is 140 Å². The van der Waals surface area contributed by atoms with E-state index in [0.29, 0.717) is 12.5 Å². The highest BCUT2D eigenvalue weighted by Gasteiger charge is 2.19. The van der Waals surface area contributed by atoms with Gasteiger partial charge in [0.1, 0.15) is 0 Å². The minimum absolute atomic E-state index is 0. The number of thiophene rings is 1. The van der Waals surface area contributed by atoms with E-state index in [2.05, 4.69) is 16.0 Å². The molecule has 1 fully saturated rings. The highest BCUT2D eigenvalue weighted by molar-refractivity contribution is 7.14. The average Bonchev–Trinajstić information content (AvgIpc) is 2.87. The molecule has 3 rings (SSSR count). The molecule has 2 aliphatic rings. The van der Waals surface area contributed by atoms with E-state index in [0.717, 1.165) is 30.8 Å². The highest BCUT2D eigenvalue weighted by atomic mass is 35.5. The third-order valence-electron chi connectivity index (χ3n) is 4.08. The number of carbonyl (C=O) groups is 2. The van der Waals surface area contributed by atoms with Crippen LogP contribution in [0.25, 0.3) is 0 Å². The van der Waals surface area contributed by atoms with Crippen LogP contribution in [0.3, 0.4) is 0 Å². The molecule has 2 heterocycles. The van der Waals surface area contributed by atoms with Crippen LogP contribution in [-0.2, 0) is 17.6 Å². The van der Waals surface area contributed by atoms with Crippen molar-refractivity contribution in [1.82, 2.24) is 16.0 Å². The summed E-state index contributed by atoms with van der Waals surface area (Å²) in [5, 5.41) is 8.72. The van der Waals surface area contributed by atoms with Gasteiger partial charge in [0.15, 0.2) is 0 Å². The van der Waals surface area contributed by atoms with Crippen molar-refractivity contribution in [3.05, 3.63) is 21.4 Å². The number of halogens is 1. The summed E-state index contributed by atoms with van der Waals surface area (Å²) in [5.41, 5.74) is 1.32. The Hall–Kier alpha value is -1.11. The summed E-state index contributed by atoms with van der Waals surface area (Å²) in [5.74, 6) is 0.292. The summed E-state index contributed by atoms with van der Waals surface area (Å²) in [4.78, 5) is 25.8. The standard InChI is InChI=1S/C15H21N3O2S.ClH/c19-14(17-8-10-6-16-7-10)9-18-15(20)13-5-11-3-1-2-4-12(11)21-13;/h5,10,16H,1-4,6-9H2,(H,17,19)(H,18,20);1H. The van der Waals surface area contributed by atoms with Gasteiger partial charge in [-0.3, -0.25) is 9.59 Å². The van der Waals surface area contributed by atoms with Crippen LogP contribution in [0.15, 0.2) is 6.07 Å². The average molecular weight is 344 g/mol. The lowest BCUT2D eigenvalue weighted by Crippen LogP contribution is -2.49. The lowest BCUT2D eigenvalue weighted by atomic mass is 9.99. The van der Waals surface area contributed by atoms with E-state index >= 15 is 0 Å². The normalized spacial score (nSPS) is 16.9. The predicted octanol–water partition coefficient (Wildman–Crippen LogP) is 1.11. The summed E-state index contributed by atoms with van der Waals surface area (Å²) < 4.78 is 0. The number of rotatable bonds is 5. The first kappa shape index (κ1) is 17.2. The highest BCUT2D eigenvalue weighted by Crippen LogP contribution is 2.29. The summed E-state index contributed by atoms with van der Waals surface area (Å²) in [6.07, 6.45) is 4.59. The van der Waals surface area contributed by atoms with Crippen LogP contribution >= 0.6 is 23.7 Å². The first-order valence-corrected chi connectivity index (χ1v) is 8.41. The van der Waals surface area contributed by atoms with Crippen LogP contribution in [0.2, 0.25) is 0 Å². The van der Waals surface area contributed by atoms with Gasteiger partial charge in [0.05, 0.1) is 11.4 Å². The molecule has 1 aromatic heterocycles. The summed E-state index contributed by atoms with van der Waals surface area (Å²) in [6.45, 7) is 2.68. The van der Waals surface area contributed by atoms with E-state index in [9.17, 15) is 9.59 Å². The van der Waals surface area contributed by atoms with Gasteiger partial charge >= 0.3 is 0 Å². The molecule has 0 unspecified atom stereocenters. The maximum atomic E-state index is 12.1. The topological polar surface area (TPSA) is 70.2 Å². The number of amides is 2. The van der Waals surface area contributed by atoms with Crippen molar-refractivity contribution in [2.45, 2.75) is 25.7 Å².